The van der Waals surface area contributed by atoms with E-state index in [-0.39, 0.29) is 0 Å². The van der Waals surface area contributed by atoms with Crippen LogP contribution in [0.5, 0.6) is 0 Å². The van der Waals surface area contributed by atoms with E-state index >= 15 is 0 Å². The van der Waals surface area contributed by atoms with Crippen molar-refractivity contribution in [3.8, 4) is 0 Å². The third kappa shape index (κ3) is 4.66. The van der Waals surface area contributed by atoms with Gasteiger partial charge < -0.3 is 5.11 Å². The fourth-order valence-corrected chi connectivity index (χ4v) is 2.39. The molecule has 1 aromatic rings. The smallest absolute Gasteiger partial charge is 0.0441 e. The second-order valence-corrected chi connectivity index (χ2v) is 5.93. The van der Waals surface area contributed by atoms with Gasteiger partial charge in [-0.05, 0) is 46.7 Å². The summed E-state index contributed by atoms with van der Waals surface area (Å²) in [5.74, 6) is 1.04. The van der Waals surface area contributed by atoms with Gasteiger partial charge in [0.25, 0.3) is 0 Å². The molecule has 1 N–H and O–H groups in total. The number of benzene rings is 1. The minimum atomic E-state index is 0.293. The summed E-state index contributed by atoms with van der Waals surface area (Å²) in [5, 5.41) is 9.30. The normalized spacial score (nSPS) is 12.8. The second-order valence-electron chi connectivity index (χ2n) is 3.26. The van der Waals surface area contributed by atoms with Gasteiger partial charge >= 0.3 is 0 Å². The highest BCUT2D eigenvalue weighted by atomic mass is 127. The van der Waals surface area contributed by atoms with Gasteiger partial charge in [-0.15, -0.1) is 0 Å². The lowest BCUT2D eigenvalue weighted by atomic mass is 10.2. The number of hydrogen-bond donors (Lipinski definition) is 1. The molecule has 1 rings (SSSR count). The van der Waals surface area contributed by atoms with Crippen molar-refractivity contribution < 1.29 is 5.11 Å². The molecule has 1 atom stereocenters. The highest BCUT2D eigenvalue weighted by Gasteiger charge is 2.01. The van der Waals surface area contributed by atoms with E-state index in [0.717, 1.165) is 12.2 Å². The molecule has 0 saturated carbocycles. The Bertz CT molecular complexity index is 260. The van der Waals surface area contributed by atoms with Crippen LogP contribution >= 0.6 is 34.4 Å². The van der Waals surface area contributed by atoms with E-state index in [4.69, 9.17) is 5.11 Å². The maximum Gasteiger partial charge on any atom is 0.0441 e. The van der Waals surface area contributed by atoms with Crippen molar-refractivity contribution >= 4 is 34.4 Å². The average molecular weight is 322 g/mol. The molecule has 0 amide bonds. The zero-order valence-corrected chi connectivity index (χ0v) is 11.2. The fraction of sp³-hybridized carbons (Fsp3) is 0.455. The lowest BCUT2D eigenvalue weighted by molar-refractivity contribution is 0.289. The summed E-state index contributed by atoms with van der Waals surface area (Å²) in [4.78, 5) is 0. The molecule has 0 spiro atoms. The molecule has 0 aliphatic heterocycles. The van der Waals surface area contributed by atoms with Crippen LogP contribution in [0.4, 0.5) is 0 Å². The Morgan fingerprint density at radius 2 is 2.00 bits per heavy atom. The zero-order valence-electron chi connectivity index (χ0n) is 8.24. The van der Waals surface area contributed by atoms with E-state index in [2.05, 4.69) is 53.8 Å². The SMILES string of the molecule is CC(CCO)SCc1ccc(I)cc1. The standard InChI is InChI=1S/C11H15IOS/c1-9(6-7-13)14-8-10-2-4-11(12)5-3-10/h2-5,9,13H,6-8H2,1H3. The molecule has 0 radical (unpaired) electrons. The van der Waals surface area contributed by atoms with Crippen molar-refractivity contribution in [2.24, 2.45) is 0 Å². The van der Waals surface area contributed by atoms with Gasteiger partial charge in [-0.2, -0.15) is 11.8 Å². The number of halogens is 1. The Labute approximate surface area is 103 Å². The van der Waals surface area contributed by atoms with Crippen molar-refractivity contribution in [3.05, 3.63) is 33.4 Å². The predicted molar refractivity (Wildman–Crippen MR) is 71.6 cm³/mol. The Balaban J connectivity index is 2.34. The Morgan fingerprint density at radius 1 is 1.36 bits per heavy atom. The van der Waals surface area contributed by atoms with Crippen molar-refractivity contribution in [3.63, 3.8) is 0 Å². The van der Waals surface area contributed by atoms with Gasteiger partial charge in [0.05, 0.1) is 0 Å². The van der Waals surface area contributed by atoms with Crippen LogP contribution in [0.2, 0.25) is 0 Å². The van der Waals surface area contributed by atoms with E-state index in [0.29, 0.717) is 11.9 Å². The van der Waals surface area contributed by atoms with Gasteiger partial charge in [0.2, 0.25) is 0 Å². The van der Waals surface area contributed by atoms with Crippen LogP contribution in [0.15, 0.2) is 24.3 Å². The predicted octanol–water partition coefficient (Wildman–Crippen LogP) is 3.30. The van der Waals surface area contributed by atoms with Crippen LogP contribution < -0.4 is 0 Å². The maximum absolute atomic E-state index is 8.76. The van der Waals surface area contributed by atoms with Gasteiger partial charge in [0.15, 0.2) is 0 Å². The van der Waals surface area contributed by atoms with Crippen molar-refractivity contribution in [1.82, 2.24) is 0 Å². The van der Waals surface area contributed by atoms with Crippen molar-refractivity contribution in [2.75, 3.05) is 6.61 Å². The van der Waals surface area contributed by atoms with Crippen LogP contribution in [-0.4, -0.2) is 17.0 Å². The lowest BCUT2D eigenvalue weighted by Crippen LogP contribution is -1.99. The Morgan fingerprint density at radius 3 is 2.57 bits per heavy atom. The number of thioether (sulfide) groups is 1. The van der Waals surface area contributed by atoms with Gasteiger partial charge in [0.1, 0.15) is 0 Å². The van der Waals surface area contributed by atoms with E-state index in [1.54, 1.807) is 0 Å². The molecule has 0 aliphatic carbocycles. The summed E-state index contributed by atoms with van der Waals surface area (Å²) < 4.78 is 1.28. The van der Waals surface area contributed by atoms with E-state index in [1.807, 2.05) is 11.8 Å². The number of aliphatic hydroxyl groups is 1. The number of rotatable bonds is 5. The highest BCUT2D eigenvalue weighted by molar-refractivity contribution is 14.1. The molecule has 14 heavy (non-hydrogen) atoms. The molecule has 0 bridgehead atoms. The third-order valence-electron chi connectivity index (χ3n) is 1.98. The summed E-state index contributed by atoms with van der Waals surface area (Å²) >= 11 is 4.21. The van der Waals surface area contributed by atoms with Crippen LogP contribution in [0, 0.1) is 3.57 Å². The van der Waals surface area contributed by atoms with Crippen molar-refractivity contribution in [2.45, 2.75) is 24.3 Å². The second kappa shape index (κ2) is 6.69. The van der Waals surface area contributed by atoms with E-state index in [9.17, 15) is 0 Å². The molecule has 0 heterocycles. The van der Waals surface area contributed by atoms with E-state index in [1.165, 1.54) is 9.13 Å². The van der Waals surface area contributed by atoms with Crippen LogP contribution in [0.3, 0.4) is 0 Å². The molecule has 78 valence electrons. The number of aliphatic hydroxyl groups excluding tert-OH is 1. The topological polar surface area (TPSA) is 20.2 Å². The lowest BCUT2D eigenvalue weighted by Gasteiger charge is -2.08. The van der Waals surface area contributed by atoms with Gasteiger partial charge in [-0.3, -0.25) is 0 Å². The quantitative estimate of drug-likeness (QED) is 0.840. The molecular weight excluding hydrogens is 307 g/mol. The first kappa shape index (κ1) is 12.3. The molecule has 3 heteroatoms. The fourth-order valence-electron chi connectivity index (χ4n) is 1.08. The third-order valence-corrected chi connectivity index (χ3v) is 4.01. The summed E-state index contributed by atoms with van der Waals surface area (Å²) in [6, 6.07) is 8.60. The Kier molecular flexibility index (Phi) is 5.89. The molecule has 1 unspecified atom stereocenters. The summed E-state index contributed by atoms with van der Waals surface area (Å²) in [6.45, 7) is 2.45. The maximum atomic E-state index is 8.76. The number of hydrogen-bond acceptors (Lipinski definition) is 2. The first-order chi connectivity index (χ1) is 6.72. The molecule has 0 saturated heterocycles. The molecule has 1 nitrogen and oxygen atoms in total. The molecular formula is C11H15IOS. The van der Waals surface area contributed by atoms with Crippen molar-refractivity contribution in [1.29, 1.82) is 0 Å². The summed E-state index contributed by atoms with van der Waals surface area (Å²) in [7, 11) is 0. The van der Waals surface area contributed by atoms with E-state index < -0.39 is 0 Å². The van der Waals surface area contributed by atoms with Crippen LogP contribution in [0.25, 0.3) is 0 Å². The summed E-state index contributed by atoms with van der Waals surface area (Å²) in [6.07, 6.45) is 0.884. The molecule has 0 aromatic heterocycles. The van der Waals surface area contributed by atoms with Gasteiger partial charge in [-0.25, -0.2) is 0 Å². The van der Waals surface area contributed by atoms with Gasteiger partial charge in [-0.1, -0.05) is 19.1 Å². The van der Waals surface area contributed by atoms with Crippen LogP contribution in [-0.2, 0) is 5.75 Å². The molecule has 1 aromatic carbocycles. The minimum Gasteiger partial charge on any atom is -0.396 e. The highest BCUT2D eigenvalue weighted by Crippen LogP contribution is 2.20. The molecule has 0 fully saturated rings. The van der Waals surface area contributed by atoms with Crippen LogP contribution in [0.1, 0.15) is 18.9 Å². The average Bonchev–Trinajstić information content (AvgIpc) is 2.17. The van der Waals surface area contributed by atoms with Gasteiger partial charge in [0, 0.05) is 21.2 Å². The Hall–Kier alpha value is 0.260. The monoisotopic (exact) mass is 322 g/mol. The first-order valence-electron chi connectivity index (χ1n) is 4.69. The zero-order chi connectivity index (χ0) is 10.4. The largest absolute Gasteiger partial charge is 0.396 e. The molecule has 0 aliphatic rings. The minimum absolute atomic E-state index is 0.293. The summed E-state index contributed by atoms with van der Waals surface area (Å²) in [5.41, 5.74) is 1.36. The first-order valence-corrected chi connectivity index (χ1v) is 6.82.